The van der Waals surface area contributed by atoms with E-state index >= 15 is 0 Å². The van der Waals surface area contributed by atoms with Gasteiger partial charge in [-0.3, -0.25) is 0 Å². The SMILES string of the molecule is Cc1ccc(S(=O)(=O)N2CCC(C(C)O)C2)cc1Cl. The molecule has 19 heavy (non-hydrogen) atoms. The first kappa shape index (κ1) is 14.8. The van der Waals surface area contributed by atoms with Crippen LogP contribution in [0.4, 0.5) is 0 Å². The van der Waals surface area contributed by atoms with E-state index in [-0.39, 0.29) is 10.8 Å². The average molecular weight is 304 g/mol. The number of hydrogen-bond donors (Lipinski definition) is 1. The maximum Gasteiger partial charge on any atom is 0.243 e. The zero-order valence-corrected chi connectivity index (χ0v) is 12.6. The minimum atomic E-state index is -3.51. The fraction of sp³-hybridized carbons (Fsp3) is 0.538. The van der Waals surface area contributed by atoms with Crippen molar-refractivity contribution in [3.05, 3.63) is 28.8 Å². The summed E-state index contributed by atoms with van der Waals surface area (Å²) in [5, 5.41) is 10.00. The Morgan fingerprint density at radius 2 is 2.16 bits per heavy atom. The van der Waals surface area contributed by atoms with Crippen LogP contribution in [-0.4, -0.2) is 37.0 Å². The van der Waals surface area contributed by atoms with Gasteiger partial charge < -0.3 is 5.11 Å². The molecule has 2 atom stereocenters. The van der Waals surface area contributed by atoms with Gasteiger partial charge in [0.25, 0.3) is 0 Å². The predicted molar refractivity (Wildman–Crippen MR) is 74.7 cm³/mol. The van der Waals surface area contributed by atoms with Gasteiger partial charge in [0.05, 0.1) is 11.0 Å². The van der Waals surface area contributed by atoms with Crippen molar-refractivity contribution in [1.82, 2.24) is 4.31 Å². The van der Waals surface area contributed by atoms with Crippen LogP contribution >= 0.6 is 11.6 Å². The number of nitrogens with zero attached hydrogens (tertiary/aromatic N) is 1. The van der Waals surface area contributed by atoms with Gasteiger partial charge >= 0.3 is 0 Å². The van der Waals surface area contributed by atoms with E-state index < -0.39 is 16.1 Å². The Labute approximate surface area is 119 Å². The predicted octanol–water partition coefficient (Wildman–Crippen LogP) is 2.04. The lowest BCUT2D eigenvalue weighted by molar-refractivity contribution is 0.133. The Bertz CT molecular complexity index is 571. The van der Waals surface area contributed by atoms with Gasteiger partial charge in [0.15, 0.2) is 0 Å². The quantitative estimate of drug-likeness (QED) is 0.929. The van der Waals surface area contributed by atoms with Gasteiger partial charge in [-0.25, -0.2) is 8.42 Å². The molecule has 0 aliphatic carbocycles. The average Bonchev–Trinajstić information content (AvgIpc) is 2.82. The van der Waals surface area contributed by atoms with E-state index in [1.807, 2.05) is 6.92 Å². The first-order chi connectivity index (χ1) is 8.82. The molecule has 1 aliphatic heterocycles. The normalized spacial score (nSPS) is 22.6. The van der Waals surface area contributed by atoms with Crippen LogP contribution in [0.2, 0.25) is 5.02 Å². The fourth-order valence-electron chi connectivity index (χ4n) is 2.25. The molecule has 1 aromatic rings. The molecule has 2 rings (SSSR count). The van der Waals surface area contributed by atoms with E-state index in [4.69, 9.17) is 11.6 Å². The van der Waals surface area contributed by atoms with Crippen LogP contribution in [0.1, 0.15) is 18.9 Å². The first-order valence-electron chi connectivity index (χ1n) is 6.26. The summed E-state index contributed by atoms with van der Waals surface area (Å²) in [6.07, 6.45) is 0.207. The smallest absolute Gasteiger partial charge is 0.243 e. The molecule has 1 N–H and O–H groups in total. The third-order valence-electron chi connectivity index (χ3n) is 3.65. The summed E-state index contributed by atoms with van der Waals surface area (Å²) in [7, 11) is -3.51. The number of aliphatic hydroxyl groups excluding tert-OH is 1. The Morgan fingerprint density at radius 1 is 1.47 bits per heavy atom. The van der Waals surface area contributed by atoms with Crippen molar-refractivity contribution >= 4 is 21.6 Å². The van der Waals surface area contributed by atoms with Crippen LogP contribution in [0.5, 0.6) is 0 Å². The topological polar surface area (TPSA) is 57.6 Å². The molecule has 106 valence electrons. The third kappa shape index (κ3) is 2.94. The Hall–Kier alpha value is -0.620. The highest BCUT2D eigenvalue weighted by Crippen LogP contribution is 2.28. The second kappa shape index (κ2) is 5.40. The molecule has 1 saturated heterocycles. The second-order valence-corrected chi connectivity index (χ2v) is 7.41. The minimum Gasteiger partial charge on any atom is -0.393 e. The summed E-state index contributed by atoms with van der Waals surface area (Å²) in [4.78, 5) is 0.217. The van der Waals surface area contributed by atoms with Crippen LogP contribution in [0, 0.1) is 12.8 Å². The van der Waals surface area contributed by atoms with E-state index in [0.717, 1.165) is 5.56 Å². The third-order valence-corrected chi connectivity index (χ3v) is 5.92. The van der Waals surface area contributed by atoms with Crippen molar-refractivity contribution in [3.63, 3.8) is 0 Å². The molecule has 1 aromatic carbocycles. The lowest BCUT2D eigenvalue weighted by atomic mass is 10.0. The molecule has 2 unspecified atom stereocenters. The molecule has 0 amide bonds. The van der Waals surface area contributed by atoms with Crippen LogP contribution in [0.15, 0.2) is 23.1 Å². The van der Waals surface area contributed by atoms with Gasteiger partial charge in [-0.05, 0) is 43.9 Å². The van der Waals surface area contributed by atoms with E-state index in [0.29, 0.717) is 24.5 Å². The van der Waals surface area contributed by atoms with Crippen LogP contribution < -0.4 is 0 Å². The zero-order valence-electron chi connectivity index (χ0n) is 11.0. The van der Waals surface area contributed by atoms with Crippen molar-refractivity contribution in [2.24, 2.45) is 5.92 Å². The van der Waals surface area contributed by atoms with Crippen molar-refractivity contribution in [3.8, 4) is 0 Å². The number of rotatable bonds is 3. The molecule has 0 spiro atoms. The van der Waals surface area contributed by atoms with Crippen molar-refractivity contribution in [2.75, 3.05) is 13.1 Å². The summed E-state index contributed by atoms with van der Waals surface area (Å²) in [6.45, 7) is 4.34. The number of aryl methyl sites for hydroxylation is 1. The Morgan fingerprint density at radius 3 is 2.68 bits per heavy atom. The second-order valence-electron chi connectivity index (χ2n) is 5.06. The van der Waals surface area contributed by atoms with Gasteiger partial charge in [0.1, 0.15) is 0 Å². The largest absolute Gasteiger partial charge is 0.393 e. The fourth-order valence-corrected chi connectivity index (χ4v) is 4.03. The van der Waals surface area contributed by atoms with Crippen molar-refractivity contribution in [2.45, 2.75) is 31.3 Å². The molecule has 4 nitrogen and oxygen atoms in total. The maximum absolute atomic E-state index is 12.5. The molecular weight excluding hydrogens is 286 g/mol. The van der Waals surface area contributed by atoms with Gasteiger partial charge in [-0.1, -0.05) is 17.7 Å². The Kier molecular flexibility index (Phi) is 4.20. The van der Waals surface area contributed by atoms with Gasteiger partial charge in [0, 0.05) is 18.1 Å². The highest BCUT2D eigenvalue weighted by atomic mass is 35.5. The van der Waals surface area contributed by atoms with Gasteiger partial charge in [-0.2, -0.15) is 4.31 Å². The number of aliphatic hydroxyl groups is 1. The van der Waals surface area contributed by atoms with E-state index in [1.165, 1.54) is 10.4 Å². The lowest BCUT2D eigenvalue weighted by Gasteiger charge is -2.18. The molecule has 0 saturated carbocycles. The monoisotopic (exact) mass is 303 g/mol. The molecule has 1 aliphatic rings. The maximum atomic E-state index is 12.5. The molecule has 0 aromatic heterocycles. The lowest BCUT2D eigenvalue weighted by Crippen LogP contribution is -2.30. The summed E-state index contributed by atoms with van der Waals surface area (Å²) in [5.41, 5.74) is 0.851. The molecule has 1 heterocycles. The van der Waals surface area contributed by atoms with E-state index in [2.05, 4.69) is 0 Å². The molecule has 6 heteroatoms. The van der Waals surface area contributed by atoms with Crippen LogP contribution in [0.25, 0.3) is 0 Å². The minimum absolute atomic E-state index is 0.00990. The molecular formula is C13H18ClNO3S. The van der Waals surface area contributed by atoms with E-state index in [9.17, 15) is 13.5 Å². The first-order valence-corrected chi connectivity index (χ1v) is 8.08. The van der Waals surface area contributed by atoms with Crippen LogP contribution in [-0.2, 0) is 10.0 Å². The molecule has 0 bridgehead atoms. The summed E-state index contributed by atoms with van der Waals surface area (Å²) >= 11 is 5.98. The Balaban J connectivity index is 2.26. The number of sulfonamides is 1. The number of halogens is 1. The van der Waals surface area contributed by atoms with Crippen molar-refractivity contribution in [1.29, 1.82) is 0 Å². The molecule has 0 radical (unpaired) electrons. The van der Waals surface area contributed by atoms with E-state index in [1.54, 1.807) is 19.1 Å². The zero-order chi connectivity index (χ0) is 14.2. The highest BCUT2D eigenvalue weighted by molar-refractivity contribution is 7.89. The van der Waals surface area contributed by atoms with Gasteiger partial charge in [-0.15, -0.1) is 0 Å². The van der Waals surface area contributed by atoms with Crippen LogP contribution in [0.3, 0.4) is 0 Å². The number of benzene rings is 1. The summed E-state index contributed by atoms with van der Waals surface area (Å²) in [6, 6.07) is 4.77. The summed E-state index contributed by atoms with van der Waals surface area (Å²) in [5.74, 6) is 0.00990. The number of hydrogen-bond acceptors (Lipinski definition) is 3. The highest BCUT2D eigenvalue weighted by Gasteiger charge is 2.34. The molecule has 1 fully saturated rings. The standard InChI is InChI=1S/C13H18ClNO3S/c1-9-3-4-12(7-13(9)14)19(17,18)15-6-5-11(8-15)10(2)16/h3-4,7,10-11,16H,5-6,8H2,1-2H3. The van der Waals surface area contributed by atoms with Crippen molar-refractivity contribution < 1.29 is 13.5 Å². The van der Waals surface area contributed by atoms with Gasteiger partial charge in [0.2, 0.25) is 10.0 Å². The summed E-state index contributed by atoms with van der Waals surface area (Å²) < 4.78 is 26.3.